The third-order valence-electron chi connectivity index (χ3n) is 9.37. The Morgan fingerprint density at radius 1 is 1.02 bits per heavy atom. The Hall–Kier alpha value is -4.33. The van der Waals surface area contributed by atoms with Gasteiger partial charge in [-0.1, -0.05) is 30.5 Å². The number of oxime groups is 1. The summed E-state index contributed by atoms with van der Waals surface area (Å²) in [5.41, 5.74) is 4.20. The summed E-state index contributed by atoms with van der Waals surface area (Å²) < 4.78 is 7.52. The number of benzene rings is 2. The van der Waals surface area contributed by atoms with Crippen molar-refractivity contribution in [3.05, 3.63) is 65.4 Å². The van der Waals surface area contributed by atoms with Crippen molar-refractivity contribution in [1.29, 1.82) is 5.26 Å². The van der Waals surface area contributed by atoms with Gasteiger partial charge in [0.1, 0.15) is 0 Å². The van der Waals surface area contributed by atoms with Crippen LogP contribution in [0.5, 0.6) is 0 Å². The number of carboxylic acid groups (broad SMARTS) is 1. The Bertz CT molecular complexity index is 1640. The molecule has 1 aromatic heterocycles. The smallest absolute Gasteiger partial charge is 0.436 e. The van der Waals surface area contributed by atoms with E-state index >= 15 is 0 Å². The molecule has 242 valence electrons. The van der Waals surface area contributed by atoms with Crippen LogP contribution in [0.4, 0.5) is 0 Å². The van der Waals surface area contributed by atoms with Crippen LogP contribution in [0.15, 0.2) is 53.8 Å². The van der Waals surface area contributed by atoms with Crippen LogP contribution >= 0.6 is 0 Å². The number of carboxylic acids is 1. The third kappa shape index (κ3) is 7.54. The van der Waals surface area contributed by atoms with Gasteiger partial charge in [-0.2, -0.15) is 5.26 Å². The number of nitrogens with zero attached hydrogens (tertiary/aromatic N) is 4. The maximum absolute atomic E-state index is 13.6. The van der Waals surface area contributed by atoms with E-state index in [0.717, 1.165) is 35.0 Å². The summed E-state index contributed by atoms with van der Waals surface area (Å²) in [5.74, 6) is -1.48. The molecule has 2 heterocycles. The van der Waals surface area contributed by atoms with Crippen LogP contribution < -0.4 is 0 Å². The number of carbonyl (C=O) groups excluding carboxylic acids is 2. The fourth-order valence-corrected chi connectivity index (χ4v) is 6.69. The highest BCUT2D eigenvalue weighted by Gasteiger charge is 2.36. The maximum Gasteiger partial charge on any atom is 0.436 e. The summed E-state index contributed by atoms with van der Waals surface area (Å²) in [5, 5.41) is 23.2. The number of aliphatic carboxylic acids is 1. The van der Waals surface area contributed by atoms with E-state index in [-0.39, 0.29) is 12.2 Å². The highest BCUT2D eigenvalue weighted by atomic mass is 16.7. The lowest BCUT2D eigenvalue weighted by molar-refractivity contribution is -0.137. The molecule has 0 bridgehead atoms. The van der Waals surface area contributed by atoms with E-state index < -0.39 is 17.5 Å². The maximum atomic E-state index is 13.6. The molecule has 0 amide bonds. The van der Waals surface area contributed by atoms with Gasteiger partial charge >= 0.3 is 11.9 Å². The van der Waals surface area contributed by atoms with Gasteiger partial charge in [-0.05, 0) is 93.8 Å². The summed E-state index contributed by atoms with van der Waals surface area (Å²) in [6.07, 6.45) is 9.19. The third-order valence-corrected chi connectivity index (χ3v) is 9.37. The highest BCUT2D eigenvalue weighted by Crippen LogP contribution is 2.36. The van der Waals surface area contributed by atoms with Crippen molar-refractivity contribution in [2.75, 3.05) is 26.3 Å². The first-order chi connectivity index (χ1) is 22.2. The summed E-state index contributed by atoms with van der Waals surface area (Å²) in [4.78, 5) is 43.6. The van der Waals surface area contributed by atoms with Gasteiger partial charge in [-0.15, -0.1) is 0 Å². The van der Waals surface area contributed by atoms with Crippen molar-refractivity contribution in [3.63, 3.8) is 0 Å². The first kappa shape index (κ1) is 33.0. The summed E-state index contributed by atoms with van der Waals surface area (Å²) in [7, 11) is 0. The lowest BCUT2D eigenvalue weighted by Crippen LogP contribution is -2.54. The van der Waals surface area contributed by atoms with E-state index in [0.29, 0.717) is 62.8 Å². The summed E-state index contributed by atoms with van der Waals surface area (Å²) in [6.45, 7) is 6.56. The van der Waals surface area contributed by atoms with E-state index in [1.807, 2.05) is 48.9 Å². The Morgan fingerprint density at radius 3 is 2.39 bits per heavy atom. The number of Topliss-reactive ketones (excluding diaryl/α,β-unsaturated/α-hetero) is 1. The number of fused-ring (bicyclic) bond motifs is 1. The van der Waals surface area contributed by atoms with E-state index in [9.17, 15) is 14.4 Å². The lowest BCUT2D eigenvalue weighted by Gasteiger charge is -2.39. The number of ketones is 1. The van der Waals surface area contributed by atoms with Gasteiger partial charge in [0.15, 0.2) is 11.9 Å². The average molecular weight is 627 g/mol. The lowest BCUT2D eigenvalue weighted by atomic mass is 9.83. The number of rotatable bonds is 12. The van der Waals surface area contributed by atoms with Gasteiger partial charge in [0.2, 0.25) is 0 Å². The van der Waals surface area contributed by atoms with Crippen molar-refractivity contribution in [1.82, 2.24) is 9.47 Å². The first-order valence-corrected chi connectivity index (χ1v) is 16.2. The number of hydrogen-bond donors (Lipinski definition) is 1. The summed E-state index contributed by atoms with van der Waals surface area (Å²) >= 11 is 0. The van der Waals surface area contributed by atoms with Crippen LogP contribution in [0.2, 0.25) is 0 Å². The fraction of sp³-hybridized carbons (Fsp3) is 0.472. The molecule has 2 fully saturated rings. The highest BCUT2D eigenvalue weighted by molar-refractivity contribution is 6.11. The quantitative estimate of drug-likeness (QED) is 0.0611. The van der Waals surface area contributed by atoms with Crippen LogP contribution in [0, 0.1) is 11.3 Å². The molecule has 3 aromatic rings. The van der Waals surface area contributed by atoms with E-state index in [1.165, 1.54) is 30.9 Å². The number of nitriles is 1. The van der Waals surface area contributed by atoms with Crippen molar-refractivity contribution in [2.45, 2.75) is 83.1 Å². The number of hydrogen-bond acceptors (Lipinski definition) is 8. The molecule has 1 N–H and O–H groups in total. The standard InChI is InChI=1S/C36H42N4O6/c1-36(2,39-18-20-45-21-19-39)35(44)26-12-15-28(16-13-26)40-24-30(31(38-46-34(43)23-37)10-6-7-11-33(41)42)29-22-27(14-17-32(29)40)25-8-4-3-5-9-25/h12-17,22,24-25H,3-11,18-21H2,1-2H3,(H,41,42)/b38-31+. The molecule has 0 atom stereocenters. The zero-order valence-electron chi connectivity index (χ0n) is 26.7. The van der Waals surface area contributed by atoms with Crippen LogP contribution in [0.1, 0.15) is 99.0 Å². The Kier molecular flexibility index (Phi) is 10.7. The SMILES string of the molecule is CC(C)(C(=O)c1ccc(-n2cc(/C(CCCCC(=O)O)=N/OC(=O)C#N)c3cc(C4CCCCC4)ccc32)cc1)N1CCOCC1. The van der Waals surface area contributed by atoms with Gasteiger partial charge in [0, 0.05) is 47.9 Å². The average Bonchev–Trinajstić information content (AvgIpc) is 3.47. The monoisotopic (exact) mass is 626 g/mol. The molecule has 2 aliphatic rings. The van der Waals surface area contributed by atoms with Crippen LogP contribution in [0.3, 0.4) is 0 Å². The van der Waals surface area contributed by atoms with Gasteiger partial charge in [0.05, 0.1) is 30.0 Å². The molecule has 1 aliphatic heterocycles. The van der Waals surface area contributed by atoms with Crippen molar-refractivity contribution < 1.29 is 29.1 Å². The second-order valence-electron chi connectivity index (χ2n) is 12.7. The molecule has 5 rings (SSSR count). The molecule has 2 aromatic carbocycles. The van der Waals surface area contributed by atoms with Crippen molar-refractivity contribution >= 4 is 34.3 Å². The van der Waals surface area contributed by atoms with E-state index in [4.69, 9.17) is 19.9 Å². The molecule has 1 saturated carbocycles. The molecule has 0 unspecified atom stereocenters. The fourth-order valence-electron chi connectivity index (χ4n) is 6.69. The van der Waals surface area contributed by atoms with E-state index in [1.54, 1.807) is 0 Å². The van der Waals surface area contributed by atoms with Crippen LogP contribution in [-0.2, 0) is 19.2 Å². The minimum atomic E-state index is -1.12. The molecule has 10 heteroatoms. The van der Waals surface area contributed by atoms with Gasteiger partial charge in [-0.3, -0.25) is 14.5 Å². The number of aromatic nitrogens is 1. The van der Waals surface area contributed by atoms with Gasteiger partial charge < -0.3 is 19.2 Å². The predicted molar refractivity (Wildman–Crippen MR) is 174 cm³/mol. The van der Waals surface area contributed by atoms with Crippen molar-refractivity contribution in [3.8, 4) is 11.8 Å². The first-order valence-electron chi connectivity index (χ1n) is 16.2. The van der Waals surface area contributed by atoms with Crippen molar-refractivity contribution in [2.24, 2.45) is 5.16 Å². The van der Waals surface area contributed by atoms with E-state index in [2.05, 4.69) is 28.3 Å². The Balaban J connectivity index is 1.53. The molecular formula is C36H42N4O6. The minimum Gasteiger partial charge on any atom is -0.481 e. The second kappa shape index (κ2) is 14.8. The molecule has 1 saturated heterocycles. The van der Waals surface area contributed by atoms with Gasteiger partial charge in [-0.25, -0.2) is 4.79 Å². The predicted octanol–water partition coefficient (Wildman–Crippen LogP) is 6.39. The van der Waals surface area contributed by atoms with Crippen LogP contribution in [-0.4, -0.2) is 69.8 Å². The normalized spacial score (nSPS) is 16.7. The molecule has 0 spiro atoms. The zero-order valence-corrected chi connectivity index (χ0v) is 26.7. The van der Waals surface area contributed by atoms with Gasteiger partial charge in [0.25, 0.3) is 0 Å². The largest absolute Gasteiger partial charge is 0.481 e. The topological polar surface area (TPSA) is 134 Å². The Morgan fingerprint density at radius 2 is 1.72 bits per heavy atom. The number of carbonyl (C=O) groups is 3. The molecule has 1 aliphatic carbocycles. The van der Waals surface area contributed by atoms with Crippen LogP contribution in [0.25, 0.3) is 16.6 Å². The Labute approximate surface area is 269 Å². The molecule has 10 nitrogen and oxygen atoms in total. The number of unbranched alkanes of at least 4 members (excludes halogenated alkanes) is 1. The summed E-state index contributed by atoms with van der Waals surface area (Å²) in [6, 6.07) is 15.5. The second-order valence-corrected chi connectivity index (χ2v) is 12.7. The number of morpholine rings is 1. The zero-order chi connectivity index (χ0) is 32.7. The minimum absolute atomic E-state index is 0.0201. The number of ether oxygens (including phenoxy) is 1. The molecule has 0 radical (unpaired) electrons. The molecular weight excluding hydrogens is 584 g/mol. The molecule has 46 heavy (non-hydrogen) atoms.